The van der Waals surface area contributed by atoms with Crippen molar-refractivity contribution in [1.29, 1.82) is 0 Å². The third-order valence-corrected chi connectivity index (χ3v) is 3.10. The second kappa shape index (κ2) is 5.10. The van der Waals surface area contributed by atoms with E-state index in [-0.39, 0.29) is 10.9 Å². The van der Waals surface area contributed by atoms with E-state index in [1.54, 1.807) is 24.3 Å². The molecular weight excluding hydrogens is 307 g/mol. The average molecular weight is 316 g/mol. The average Bonchev–Trinajstić information content (AvgIpc) is 2.37. The van der Waals surface area contributed by atoms with Gasteiger partial charge in [0.25, 0.3) is 0 Å². The first-order chi connectivity index (χ1) is 8.54. The van der Waals surface area contributed by atoms with Gasteiger partial charge in [0.2, 0.25) is 0 Å². The Bertz CT molecular complexity index is 538. The predicted molar refractivity (Wildman–Crippen MR) is 67.3 cm³/mol. The van der Waals surface area contributed by atoms with E-state index in [0.29, 0.717) is 11.3 Å². The fraction of sp³-hybridized carbons (Fsp3) is 0.154. The minimum absolute atomic E-state index is 0.111. The Morgan fingerprint density at radius 1 is 1.06 bits per heavy atom. The van der Waals surface area contributed by atoms with Crippen molar-refractivity contribution in [3.05, 3.63) is 53.7 Å². The molecule has 0 aliphatic heterocycles. The molecule has 18 heavy (non-hydrogen) atoms. The molecule has 0 amide bonds. The van der Waals surface area contributed by atoms with Gasteiger partial charge in [-0.15, -0.1) is 0 Å². The summed E-state index contributed by atoms with van der Waals surface area (Å²) in [7, 11) is 0. The van der Waals surface area contributed by atoms with Crippen molar-refractivity contribution in [2.75, 3.05) is 0 Å². The normalized spacial score (nSPS) is 11.6. The first-order valence-corrected chi connectivity index (χ1v) is 6.32. The Labute approximate surface area is 111 Å². The van der Waals surface area contributed by atoms with E-state index in [9.17, 15) is 13.2 Å². The van der Waals surface area contributed by atoms with E-state index in [1.807, 2.05) is 6.07 Å². The van der Waals surface area contributed by atoms with E-state index in [4.69, 9.17) is 0 Å². The second-order valence-corrected chi connectivity index (χ2v) is 4.24. The summed E-state index contributed by atoms with van der Waals surface area (Å²) in [5.74, 6) is 0. The fourth-order valence-electron chi connectivity index (χ4n) is 1.74. The van der Waals surface area contributed by atoms with Crippen molar-refractivity contribution >= 4 is 15.9 Å². The van der Waals surface area contributed by atoms with Gasteiger partial charge in [-0.2, -0.15) is 13.2 Å². The number of hydrogen-bond acceptors (Lipinski definition) is 1. The zero-order valence-electron chi connectivity index (χ0n) is 9.21. The zero-order valence-corrected chi connectivity index (χ0v) is 10.8. The Hall–Kier alpha value is -1.36. The second-order valence-electron chi connectivity index (χ2n) is 3.68. The van der Waals surface area contributed by atoms with Gasteiger partial charge in [0.05, 0.1) is 11.3 Å². The molecule has 0 fully saturated rings. The van der Waals surface area contributed by atoms with Crippen molar-refractivity contribution in [2.45, 2.75) is 11.5 Å². The van der Waals surface area contributed by atoms with Crippen LogP contribution in [0, 0.1) is 0 Å². The van der Waals surface area contributed by atoms with Crippen LogP contribution in [0.5, 0.6) is 0 Å². The number of alkyl halides is 4. The number of hydrogen-bond donors (Lipinski definition) is 0. The minimum Gasteiger partial charge on any atom is -0.256 e. The summed E-state index contributed by atoms with van der Waals surface area (Å²) in [5, 5.41) is 0.111. The fourth-order valence-corrected chi connectivity index (χ4v) is 2.31. The first kappa shape index (κ1) is 13.1. The van der Waals surface area contributed by atoms with Crippen LogP contribution in [0.15, 0.2) is 42.6 Å². The van der Waals surface area contributed by atoms with Gasteiger partial charge in [0.1, 0.15) is 0 Å². The highest BCUT2D eigenvalue weighted by Crippen LogP contribution is 2.36. The molecule has 1 nitrogen and oxygen atoms in total. The topological polar surface area (TPSA) is 12.9 Å². The summed E-state index contributed by atoms with van der Waals surface area (Å²) in [4.78, 5) is 4.06. The maximum Gasteiger partial charge on any atom is 0.416 e. The summed E-state index contributed by atoms with van der Waals surface area (Å²) >= 11 is 3.11. The van der Waals surface area contributed by atoms with Gasteiger partial charge in [0.15, 0.2) is 0 Å². The van der Waals surface area contributed by atoms with E-state index in [2.05, 4.69) is 20.9 Å². The number of nitrogens with zero attached hydrogens (tertiary/aromatic N) is 1. The van der Waals surface area contributed by atoms with E-state index >= 15 is 0 Å². The van der Waals surface area contributed by atoms with Crippen LogP contribution in [-0.4, -0.2) is 4.98 Å². The molecule has 5 heteroatoms. The summed E-state index contributed by atoms with van der Waals surface area (Å²) in [6.45, 7) is 0. The molecule has 0 spiro atoms. The van der Waals surface area contributed by atoms with E-state index in [1.165, 1.54) is 6.20 Å². The third-order valence-electron chi connectivity index (χ3n) is 2.54. The van der Waals surface area contributed by atoms with Crippen molar-refractivity contribution < 1.29 is 13.2 Å². The van der Waals surface area contributed by atoms with Crippen molar-refractivity contribution in [3.8, 4) is 11.3 Å². The molecule has 0 aliphatic rings. The van der Waals surface area contributed by atoms with Gasteiger partial charge in [-0.05, 0) is 6.07 Å². The summed E-state index contributed by atoms with van der Waals surface area (Å²) in [6.07, 6.45) is -3.17. The van der Waals surface area contributed by atoms with Crippen molar-refractivity contribution in [2.24, 2.45) is 0 Å². The summed E-state index contributed by atoms with van der Waals surface area (Å²) < 4.78 is 38.6. The van der Waals surface area contributed by atoms with Crippen molar-refractivity contribution in [3.63, 3.8) is 0 Å². The Kier molecular flexibility index (Phi) is 3.71. The molecule has 0 atom stereocenters. The van der Waals surface area contributed by atoms with Crippen LogP contribution in [0.3, 0.4) is 0 Å². The lowest BCUT2D eigenvalue weighted by molar-refractivity contribution is -0.138. The summed E-state index contributed by atoms with van der Waals surface area (Å²) in [5.41, 5.74) is 0.560. The molecule has 2 aromatic rings. The molecule has 0 N–H and O–H groups in total. The number of benzene rings is 1. The van der Waals surface area contributed by atoms with Gasteiger partial charge < -0.3 is 0 Å². The summed E-state index contributed by atoms with van der Waals surface area (Å²) in [6, 6.07) is 9.85. The van der Waals surface area contributed by atoms with Crippen LogP contribution in [0.2, 0.25) is 0 Å². The lowest BCUT2D eigenvalue weighted by Gasteiger charge is -2.14. The molecule has 0 unspecified atom stereocenters. The molecular formula is C13H9BrF3N. The lowest BCUT2D eigenvalue weighted by Crippen LogP contribution is -2.10. The predicted octanol–water partition coefficient (Wildman–Crippen LogP) is 4.66. The zero-order chi connectivity index (χ0) is 13.2. The standard InChI is InChI=1S/C13H9BrF3N/c14-8-10-11(13(15,16)17)6-7-18-12(10)9-4-2-1-3-5-9/h1-7H,8H2. The molecule has 1 heterocycles. The lowest BCUT2D eigenvalue weighted by atomic mass is 10.0. The van der Waals surface area contributed by atoms with E-state index in [0.717, 1.165) is 6.07 Å². The smallest absolute Gasteiger partial charge is 0.256 e. The third kappa shape index (κ3) is 2.56. The maximum absolute atomic E-state index is 12.9. The molecule has 2 rings (SSSR count). The van der Waals surface area contributed by atoms with Gasteiger partial charge in [0, 0.05) is 22.7 Å². The van der Waals surface area contributed by atoms with Gasteiger partial charge >= 0.3 is 6.18 Å². The number of pyridine rings is 1. The highest BCUT2D eigenvalue weighted by atomic mass is 79.9. The first-order valence-electron chi connectivity index (χ1n) is 5.20. The molecule has 1 aromatic carbocycles. The van der Waals surface area contributed by atoms with Crippen LogP contribution in [0.4, 0.5) is 13.2 Å². The van der Waals surface area contributed by atoms with Gasteiger partial charge in [-0.3, -0.25) is 4.98 Å². The molecule has 0 radical (unpaired) electrons. The molecule has 94 valence electrons. The van der Waals surface area contributed by atoms with Gasteiger partial charge in [-0.25, -0.2) is 0 Å². The van der Waals surface area contributed by atoms with Gasteiger partial charge in [-0.1, -0.05) is 46.3 Å². The number of aromatic nitrogens is 1. The monoisotopic (exact) mass is 315 g/mol. The number of halogens is 4. The molecule has 0 saturated carbocycles. The van der Waals surface area contributed by atoms with Crippen LogP contribution in [0.25, 0.3) is 11.3 Å². The van der Waals surface area contributed by atoms with E-state index < -0.39 is 11.7 Å². The highest BCUT2D eigenvalue weighted by molar-refractivity contribution is 9.08. The molecule has 0 saturated heterocycles. The molecule has 0 bridgehead atoms. The Morgan fingerprint density at radius 2 is 1.72 bits per heavy atom. The Morgan fingerprint density at radius 3 is 2.28 bits per heavy atom. The minimum atomic E-state index is -4.37. The quantitative estimate of drug-likeness (QED) is 0.734. The Balaban J connectivity index is 2.63. The van der Waals surface area contributed by atoms with Crippen LogP contribution < -0.4 is 0 Å². The number of rotatable bonds is 2. The van der Waals surface area contributed by atoms with Crippen LogP contribution in [0.1, 0.15) is 11.1 Å². The maximum atomic E-state index is 12.9. The van der Waals surface area contributed by atoms with Crippen LogP contribution in [-0.2, 0) is 11.5 Å². The largest absolute Gasteiger partial charge is 0.416 e. The van der Waals surface area contributed by atoms with Crippen LogP contribution >= 0.6 is 15.9 Å². The highest BCUT2D eigenvalue weighted by Gasteiger charge is 2.34. The molecule has 0 aliphatic carbocycles. The molecule has 1 aromatic heterocycles. The van der Waals surface area contributed by atoms with Crippen molar-refractivity contribution in [1.82, 2.24) is 4.98 Å². The SMILES string of the molecule is FC(F)(F)c1ccnc(-c2ccccc2)c1CBr.